The van der Waals surface area contributed by atoms with Gasteiger partial charge in [0.1, 0.15) is 6.04 Å². The number of fused-ring (bicyclic) bond motifs is 1. The molecule has 0 aliphatic carbocycles. The van der Waals surface area contributed by atoms with E-state index in [1.807, 2.05) is 0 Å². The standard InChI is InChI=1S/C44H71N3O19/c1-2-66-40(49)8-10-53-12-14-55-16-18-57-20-22-59-24-26-61-28-30-63-32-34-65-35-33-64-31-29-62-27-25-60-23-21-58-19-17-56-15-13-54-11-9-45-37-5-3-4-36-41(37)44(52)47(43(36)51)38-6-7-39(48)46-42(38)50/h3-5,38,45H,2,6-35H2,1H3,(H,46,48,50). The van der Waals surface area contributed by atoms with Gasteiger partial charge in [-0.2, -0.15) is 0 Å². The Morgan fingerprint density at radius 1 is 0.545 bits per heavy atom. The van der Waals surface area contributed by atoms with Gasteiger partial charge in [-0.1, -0.05) is 6.07 Å². The van der Waals surface area contributed by atoms with Crippen LogP contribution in [0.25, 0.3) is 0 Å². The first-order valence-electron chi connectivity index (χ1n) is 22.7. The SMILES string of the molecule is CCOC(=O)CCOCCOCCOCCOCCOCCOCCOCCOCCOCCOCCOCCOCCOCCNc1cccc2c1C(=O)N(C1CCC(=O)NC1=O)C2=O. The predicted octanol–water partition coefficient (Wildman–Crippen LogP) is 0.669. The zero-order chi connectivity index (χ0) is 47.1. The quantitative estimate of drug-likeness (QED) is 0.0519. The van der Waals surface area contributed by atoms with E-state index in [0.717, 1.165) is 4.90 Å². The fourth-order valence-electron chi connectivity index (χ4n) is 6.05. The smallest absolute Gasteiger partial charge is 0.308 e. The molecule has 1 unspecified atom stereocenters. The molecule has 376 valence electrons. The molecule has 2 aliphatic heterocycles. The van der Waals surface area contributed by atoms with Gasteiger partial charge in [-0.3, -0.25) is 34.2 Å². The molecule has 22 heteroatoms. The summed E-state index contributed by atoms with van der Waals surface area (Å²) >= 11 is 0. The Labute approximate surface area is 387 Å². The average molecular weight is 946 g/mol. The van der Waals surface area contributed by atoms with Crippen LogP contribution in [0.3, 0.4) is 0 Å². The van der Waals surface area contributed by atoms with Crippen LogP contribution >= 0.6 is 0 Å². The fourth-order valence-corrected chi connectivity index (χ4v) is 6.05. The number of carbonyl (C=O) groups excluding carboxylic acids is 5. The van der Waals surface area contributed by atoms with E-state index < -0.39 is 29.7 Å². The van der Waals surface area contributed by atoms with Gasteiger partial charge in [-0.15, -0.1) is 0 Å². The molecule has 1 fully saturated rings. The van der Waals surface area contributed by atoms with Crippen LogP contribution < -0.4 is 10.6 Å². The summed E-state index contributed by atoms with van der Waals surface area (Å²) in [6.07, 6.45) is 0.404. The molecule has 2 N–H and O–H groups in total. The van der Waals surface area contributed by atoms with Crippen LogP contribution in [0.15, 0.2) is 18.2 Å². The highest BCUT2D eigenvalue weighted by Crippen LogP contribution is 2.32. The van der Waals surface area contributed by atoms with Crippen molar-refractivity contribution in [2.45, 2.75) is 32.2 Å². The molecule has 3 rings (SSSR count). The Morgan fingerprint density at radius 3 is 1.30 bits per heavy atom. The van der Waals surface area contributed by atoms with Crippen molar-refractivity contribution in [2.75, 3.05) is 190 Å². The van der Waals surface area contributed by atoms with E-state index in [1.54, 1.807) is 25.1 Å². The number of hydrogen-bond donors (Lipinski definition) is 2. The first-order chi connectivity index (χ1) is 32.4. The van der Waals surface area contributed by atoms with Crippen LogP contribution in [-0.2, 0) is 80.7 Å². The lowest BCUT2D eigenvalue weighted by Crippen LogP contribution is -2.54. The number of amides is 4. The van der Waals surface area contributed by atoms with Gasteiger partial charge in [0.05, 0.1) is 196 Å². The van der Waals surface area contributed by atoms with Gasteiger partial charge in [-0.25, -0.2) is 0 Å². The first-order valence-corrected chi connectivity index (χ1v) is 22.7. The zero-order valence-electron chi connectivity index (χ0n) is 38.4. The Balaban J connectivity index is 0.947. The number of benzene rings is 1. The third-order valence-corrected chi connectivity index (χ3v) is 9.25. The Morgan fingerprint density at radius 2 is 0.924 bits per heavy atom. The predicted molar refractivity (Wildman–Crippen MR) is 234 cm³/mol. The molecule has 1 atom stereocenters. The molecule has 1 saturated heterocycles. The fraction of sp³-hybridized carbons (Fsp3) is 0.750. The van der Waals surface area contributed by atoms with Gasteiger partial charge in [-0.05, 0) is 25.5 Å². The number of hydrogen-bond acceptors (Lipinski definition) is 20. The van der Waals surface area contributed by atoms with E-state index in [2.05, 4.69) is 10.6 Å². The van der Waals surface area contributed by atoms with Gasteiger partial charge in [0.2, 0.25) is 11.8 Å². The van der Waals surface area contributed by atoms with E-state index in [4.69, 9.17) is 66.3 Å². The molecule has 1 aromatic rings. The number of nitrogens with one attached hydrogen (secondary N) is 2. The largest absolute Gasteiger partial charge is 0.466 e. The van der Waals surface area contributed by atoms with Gasteiger partial charge >= 0.3 is 5.97 Å². The second-order valence-electron chi connectivity index (χ2n) is 14.1. The Bertz CT molecular complexity index is 1490. The lowest BCUT2D eigenvalue weighted by molar-refractivity contribution is -0.144. The van der Waals surface area contributed by atoms with Crippen LogP contribution in [-0.4, -0.2) is 225 Å². The molecule has 2 heterocycles. The summed E-state index contributed by atoms with van der Waals surface area (Å²) in [4.78, 5) is 62.1. The first kappa shape index (κ1) is 56.6. The number of nitrogens with zero attached hydrogens (tertiary/aromatic N) is 1. The van der Waals surface area contributed by atoms with Crippen molar-refractivity contribution in [3.8, 4) is 0 Å². The maximum atomic E-state index is 13.2. The third kappa shape index (κ3) is 25.4. The second kappa shape index (κ2) is 38.2. The van der Waals surface area contributed by atoms with Crippen LogP contribution in [0.4, 0.5) is 5.69 Å². The minimum absolute atomic E-state index is 0.0610. The average Bonchev–Trinajstić information content (AvgIpc) is 3.56. The van der Waals surface area contributed by atoms with Crippen molar-refractivity contribution in [3.63, 3.8) is 0 Å². The van der Waals surface area contributed by atoms with Crippen LogP contribution in [0.5, 0.6) is 0 Å². The maximum absolute atomic E-state index is 13.2. The summed E-state index contributed by atoms with van der Waals surface area (Å²) in [5.74, 6) is -2.45. The summed E-state index contributed by atoms with van der Waals surface area (Å²) in [5.41, 5.74) is 0.893. The summed E-state index contributed by atoms with van der Waals surface area (Å²) < 4.78 is 76.1. The van der Waals surface area contributed by atoms with Crippen LogP contribution in [0, 0.1) is 0 Å². The topological polar surface area (TPSA) is 242 Å². The summed E-state index contributed by atoms with van der Waals surface area (Å²) in [6, 6.07) is 3.89. The number of carbonyl (C=O) groups is 5. The van der Waals surface area contributed by atoms with Crippen molar-refractivity contribution < 1.29 is 90.3 Å². The van der Waals surface area contributed by atoms with Gasteiger partial charge < -0.3 is 71.6 Å². The Hall–Kier alpha value is -3.75. The van der Waals surface area contributed by atoms with Crippen molar-refractivity contribution in [1.29, 1.82) is 0 Å². The zero-order valence-corrected chi connectivity index (χ0v) is 38.4. The van der Waals surface area contributed by atoms with Crippen LogP contribution in [0.1, 0.15) is 46.9 Å². The lowest BCUT2D eigenvalue weighted by atomic mass is 10.0. The molecular weight excluding hydrogens is 874 g/mol. The summed E-state index contributed by atoms with van der Waals surface area (Å²) in [6.45, 7) is 13.9. The normalized spacial score (nSPS) is 14.9. The highest BCUT2D eigenvalue weighted by Gasteiger charge is 2.45. The number of imide groups is 2. The van der Waals surface area contributed by atoms with E-state index in [1.165, 1.54) is 0 Å². The van der Waals surface area contributed by atoms with E-state index in [0.29, 0.717) is 191 Å². The van der Waals surface area contributed by atoms with Crippen molar-refractivity contribution in [3.05, 3.63) is 29.3 Å². The van der Waals surface area contributed by atoms with Gasteiger partial charge in [0, 0.05) is 18.7 Å². The summed E-state index contributed by atoms with van der Waals surface area (Å²) in [5, 5.41) is 5.33. The molecule has 66 heavy (non-hydrogen) atoms. The molecule has 2 aliphatic rings. The molecule has 0 radical (unpaired) electrons. The van der Waals surface area contributed by atoms with E-state index >= 15 is 0 Å². The highest BCUT2D eigenvalue weighted by molar-refractivity contribution is 6.25. The molecule has 0 spiro atoms. The lowest BCUT2D eigenvalue weighted by Gasteiger charge is -2.27. The minimum atomic E-state index is -1.02. The van der Waals surface area contributed by atoms with Crippen molar-refractivity contribution in [1.82, 2.24) is 10.2 Å². The number of piperidine rings is 1. The summed E-state index contributed by atoms with van der Waals surface area (Å²) in [7, 11) is 0. The monoisotopic (exact) mass is 945 g/mol. The number of esters is 1. The minimum Gasteiger partial charge on any atom is -0.466 e. The number of rotatable bonds is 45. The molecule has 4 amide bonds. The molecule has 0 bridgehead atoms. The van der Waals surface area contributed by atoms with Crippen LogP contribution in [0.2, 0.25) is 0 Å². The van der Waals surface area contributed by atoms with Crippen molar-refractivity contribution in [2.24, 2.45) is 0 Å². The van der Waals surface area contributed by atoms with Gasteiger partial charge in [0.25, 0.3) is 11.8 Å². The molecule has 0 saturated carbocycles. The second-order valence-corrected chi connectivity index (χ2v) is 14.1. The number of ether oxygens (including phenoxy) is 14. The highest BCUT2D eigenvalue weighted by atomic mass is 16.6. The van der Waals surface area contributed by atoms with Crippen molar-refractivity contribution >= 4 is 35.3 Å². The third-order valence-electron chi connectivity index (χ3n) is 9.25. The molecule has 1 aromatic carbocycles. The Kier molecular flexibility index (Phi) is 32.8. The molecule has 0 aromatic heterocycles. The number of anilines is 1. The van der Waals surface area contributed by atoms with E-state index in [-0.39, 0.29) is 36.4 Å². The molecule has 22 nitrogen and oxygen atoms in total. The van der Waals surface area contributed by atoms with E-state index in [9.17, 15) is 24.0 Å². The van der Waals surface area contributed by atoms with Gasteiger partial charge in [0.15, 0.2) is 0 Å². The maximum Gasteiger partial charge on any atom is 0.308 e. The molecular formula is C44H71N3O19.